The number of hydrogen-bond acceptors (Lipinski definition) is 7. The predicted molar refractivity (Wildman–Crippen MR) is 143 cm³/mol. The van der Waals surface area contributed by atoms with Gasteiger partial charge in [-0.05, 0) is 73.7 Å². The van der Waals surface area contributed by atoms with Crippen molar-refractivity contribution in [3.8, 4) is 5.75 Å². The van der Waals surface area contributed by atoms with Gasteiger partial charge in [0.15, 0.2) is 0 Å². The number of nitrogens with zero attached hydrogens (tertiary/aromatic N) is 2. The Kier molecular flexibility index (Phi) is 9.90. The normalized spacial score (nSPS) is 18.9. The minimum absolute atomic E-state index is 0.0255. The van der Waals surface area contributed by atoms with E-state index in [1.165, 1.54) is 23.9 Å². The largest absolute Gasteiger partial charge is 0.497 e. The van der Waals surface area contributed by atoms with Gasteiger partial charge in [0.2, 0.25) is 0 Å². The van der Waals surface area contributed by atoms with Crippen LogP contribution in [-0.4, -0.2) is 60.6 Å². The van der Waals surface area contributed by atoms with Crippen LogP contribution in [0.1, 0.15) is 30.9 Å². The van der Waals surface area contributed by atoms with Crippen molar-refractivity contribution in [1.82, 2.24) is 15.4 Å². The van der Waals surface area contributed by atoms with Crippen molar-refractivity contribution in [1.29, 1.82) is 0 Å². The fraction of sp³-hybridized carbons (Fsp3) is 0.429. The van der Waals surface area contributed by atoms with E-state index in [-0.39, 0.29) is 12.0 Å². The molecule has 38 heavy (non-hydrogen) atoms. The first-order valence-corrected chi connectivity index (χ1v) is 13.6. The standard InChI is InChI=1S/C28H33F2N3O4S/c1-36-21-4-6-26-24(16-21)23(7-9-31-26)27(32-37-2)5-3-18-8-10-33(17-25(18)28(34)35)11-12-38-22-14-19(29)13-20(30)15-22/h4,6-7,9,13-16,18,25,27,32H,3,5,8,10-12,17H2,1-2H3,(H,34,35)/t18-,25+,27+/m1/s1. The number of thioether (sulfide) groups is 1. The molecule has 2 aromatic carbocycles. The van der Waals surface area contributed by atoms with Crippen molar-refractivity contribution in [2.24, 2.45) is 11.8 Å². The molecule has 1 aliphatic heterocycles. The lowest BCUT2D eigenvalue weighted by Crippen LogP contribution is -2.44. The molecule has 7 nitrogen and oxygen atoms in total. The smallest absolute Gasteiger partial charge is 0.308 e. The number of carboxylic acids is 1. The molecule has 204 valence electrons. The molecular formula is C28H33F2N3O4S. The fourth-order valence-electron chi connectivity index (χ4n) is 5.18. The Hall–Kier alpha value is -2.79. The molecule has 0 aliphatic carbocycles. The van der Waals surface area contributed by atoms with Gasteiger partial charge in [-0.3, -0.25) is 9.78 Å². The van der Waals surface area contributed by atoms with E-state index in [1.807, 2.05) is 24.3 Å². The second kappa shape index (κ2) is 13.3. The minimum atomic E-state index is -0.796. The summed E-state index contributed by atoms with van der Waals surface area (Å²) in [5.41, 5.74) is 4.96. The van der Waals surface area contributed by atoms with Gasteiger partial charge in [0.1, 0.15) is 17.4 Å². The van der Waals surface area contributed by atoms with Crippen LogP contribution in [-0.2, 0) is 9.63 Å². The van der Waals surface area contributed by atoms with E-state index in [4.69, 9.17) is 9.57 Å². The number of hydroxylamine groups is 1. The van der Waals surface area contributed by atoms with E-state index in [0.29, 0.717) is 30.2 Å². The van der Waals surface area contributed by atoms with Crippen LogP contribution in [0.25, 0.3) is 10.9 Å². The number of halogens is 2. The number of rotatable bonds is 12. The van der Waals surface area contributed by atoms with Crippen molar-refractivity contribution in [2.45, 2.75) is 30.2 Å². The van der Waals surface area contributed by atoms with Crippen molar-refractivity contribution in [3.05, 3.63) is 65.9 Å². The molecule has 0 saturated carbocycles. The Balaban J connectivity index is 1.38. The summed E-state index contributed by atoms with van der Waals surface area (Å²) in [6.45, 7) is 1.89. The maximum absolute atomic E-state index is 13.4. The highest BCUT2D eigenvalue weighted by molar-refractivity contribution is 7.99. The summed E-state index contributed by atoms with van der Waals surface area (Å²) in [5, 5.41) is 11.0. The number of benzene rings is 2. The summed E-state index contributed by atoms with van der Waals surface area (Å²) in [6.07, 6.45) is 3.95. The van der Waals surface area contributed by atoms with Crippen LogP contribution < -0.4 is 10.2 Å². The third-order valence-corrected chi connectivity index (χ3v) is 8.07. The molecule has 0 bridgehead atoms. The Bertz CT molecular complexity index is 1230. The Labute approximate surface area is 225 Å². The van der Waals surface area contributed by atoms with Gasteiger partial charge in [-0.1, -0.05) is 0 Å². The first kappa shape index (κ1) is 28.2. The van der Waals surface area contributed by atoms with Crippen LogP contribution in [0.3, 0.4) is 0 Å². The molecule has 0 unspecified atom stereocenters. The molecule has 2 N–H and O–H groups in total. The third-order valence-electron chi connectivity index (χ3n) is 7.11. The van der Waals surface area contributed by atoms with Gasteiger partial charge in [-0.2, -0.15) is 5.48 Å². The summed E-state index contributed by atoms with van der Waals surface area (Å²) in [5.74, 6) is -1.09. The first-order valence-electron chi connectivity index (χ1n) is 12.6. The van der Waals surface area contributed by atoms with Crippen LogP contribution >= 0.6 is 11.8 Å². The fourth-order valence-corrected chi connectivity index (χ4v) is 6.16. The van der Waals surface area contributed by atoms with Crippen LogP contribution in [0.4, 0.5) is 8.78 Å². The number of aliphatic carboxylic acids is 1. The van der Waals surface area contributed by atoms with Crippen LogP contribution in [0.15, 0.2) is 53.6 Å². The number of carboxylic acid groups (broad SMARTS) is 1. The number of carbonyl (C=O) groups is 1. The zero-order valence-electron chi connectivity index (χ0n) is 21.5. The molecule has 2 heterocycles. The molecular weight excluding hydrogens is 512 g/mol. The Morgan fingerprint density at radius 2 is 2.00 bits per heavy atom. The number of aromatic nitrogens is 1. The minimum Gasteiger partial charge on any atom is -0.497 e. The Morgan fingerprint density at radius 1 is 1.21 bits per heavy atom. The van der Waals surface area contributed by atoms with E-state index in [1.54, 1.807) is 20.4 Å². The lowest BCUT2D eigenvalue weighted by molar-refractivity contribution is -0.146. The zero-order chi connectivity index (χ0) is 27.1. The second-order valence-corrected chi connectivity index (χ2v) is 10.7. The average molecular weight is 546 g/mol. The molecule has 1 fully saturated rings. The SMILES string of the molecule is CON[C@@H](CC[C@@H]1CCN(CCSc2cc(F)cc(F)c2)C[C@@H]1C(=O)O)c1ccnc2ccc(OC)cc12. The quantitative estimate of drug-likeness (QED) is 0.234. The van der Waals surface area contributed by atoms with E-state index < -0.39 is 23.5 Å². The van der Waals surface area contributed by atoms with Gasteiger partial charge in [-0.15, -0.1) is 11.8 Å². The van der Waals surface area contributed by atoms with Gasteiger partial charge >= 0.3 is 5.97 Å². The molecule has 3 aromatic rings. The van der Waals surface area contributed by atoms with E-state index >= 15 is 0 Å². The second-order valence-electron chi connectivity index (χ2n) is 9.48. The van der Waals surface area contributed by atoms with Crippen molar-refractivity contribution >= 4 is 28.6 Å². The maximum atomic E-state index is 13.4. The molecule has 1 aromatic heterocycles. The predicted octanol–water partition coefficient (Wildman–Crippen LogP) is 5.31. The number of nitrogens with one attached hydrogen (secondary N) is 1. The molecule has 3 atom stereocenters. The van der Waals surface area contributed by atoms with Gasteiger partial charge in [-0.25, -0.2) is 8.78 Å². The van der Waals surface area contributed by atoms with Crippen molar-refractivity contribution in [3.63, 3.8) is 0 Å². The van der Waals surface area contributed by atoms with Crippen LogP contribution in [0.5, 0.6) is 5.75 Å². The highest BCUT2D eigenvalue weighted by atomic mass is 32.2. The van der Waals surface area contributed by atoms with Gasteiger partial charge in [0, 0.05) is 41.4 Å². The number of piperidine rings is 1. The molecule has 10 heteroatoms. The summed E-state index contributed by atoms with van der Waals surface area (Å²) in [7, 11) is 3.20. The first-order chi connectivity index (χ1) is 18.4. The van der Waals surface area contributed by atoms with E-state index in [0.717, 1.165) is 47.7 Å². The van der Waals surface area contributed by atoms with E-state index in [9.17, 15) is 18.7 Å². The van der Waals surface area contributed by atoms with Crippen LogP contribution in [0.2, 0.25) is 0 Å². The number of methoxy groups -OCH3 is 1. The maximum Gasteiger partial charge on any atom is 0.308 e. The Morgan fingerprint density at radius 3 is 2.71 bits per heavy atom. The van der Waals surface area contributed by atoms with Crippen molar-refractivity contribution in [2.75, 3.05) is 39.6 Å². The van der Waals surface area contributed by atoms with Crippen LogP contribution in [0, 0.1) is 23.5 Å². The number of likely N-dealkylation sites (tertiary alicyclic amines) is 1. The summed E-state index contributed by atoms with van der Waals surface area (Å²) in [4.78, 5) is 24.6. The van der Waals surface area contributed by atoms with Gasteiger partial charge in [0.25, 0.3) is 0 Å². The lowest BCUT2D eigenvalue weighted by atomic mass is 9.81. The highest BCUT2D eigenvalue weighted by Crippen LogP contribution is 2.34. The third kappa shape index (κ3) is 7.19. The number of ether oxygens (including phenoxy) is 1. The van der Waals surface area contributed by atoms with Gasteiger partial charge in [0.05, 0.1) is 31.7 Å². The summed E-state index contributed by atoms with van der Waals surface area (Å²) in [6, 6.07) is 11.0. The topological polar surface area (TPSA) is 83.9 Å². The van der Waals surface area contributed by atoms with Gasteiger partial charge < -0.3 is 19.6 Å². The summed E-state index contributed by atoms with van der Waals surface area (Å²) >= 11 is 1.37. The number of hydrogen-bond donors (Lipinski definition) is 2. The zero-order valence-corrected chi connectivity index (χ0v) is 22.3. The van der Waals surface area contributed by atoms with Crippen molar-refractivity contribution < 1.29 is 28.3 Å². The average Bonchev–Trinajstić information content (AvgIpc) is 2.90. The molecule has 1 saturated heterocycles. The molecule has 4 rings (SSSR count). The van der Waals surface area contributed by atoms with E-state index in [2.05, 4.69) is 15.4 Å². The molecule has 0 radical (unpaired) electrons. The molecule has 0 amide bonds. The lowest BCUT2D eigenvalue weighted by Gasteiger charge is -2.37. The monoisotopic (exact) mass is 545 g/mol. The number of pyridine rings is 1. The molecule has 1 aliphatic rings. The summed E-state index contributed by atoms with van der Waals surface area (Å²) < 4.78 is 32.3. The highest BCUT2D eigenvalue weighted by Gasteiger charge is 2.34. The molecule has 0 spiro atoms. The number of fused-ring (bicyclic) bond motifs is 1.